The maximum atomic E-state index is 12.2. The first-order valence-corrected chi connectivity index (χ1v) is 7.82. The largest absolute Gasteiger partial charge is 0.354 e. The van der Waals surface area contributed by atoms with Crippen molar-refractivity contribution in [2.75, 3.05) is 20.1 Å². The smallest absolute Gasteiger partial charge is 0.222 e. The van der Waals surface area contributed by atoms with E-state index in [0.717, 1.165) is 12.0 Å². The number of nitrogens with zero attached hydrogens (tertiary/aromatic N) is 1. The summed E-state index contributed by atoms with van der Waals surface area (Å²) in [7, 11) is 1.87. The Labute approximate surface area is 144 Å². The molecule has 0 fully saturated rings. The van der Waals surface area contributed by atoms with Crippen LogP contribution in [0.15, 0.2) is 24.3 Å². The molecule has 0 spiro atoms. The lowest BCUT2D eigenvalue weighted by Crippen LogP contribution is -2.43. The van der Waals surface area contributed by atoms with Gasteiger partial charge in [0.15, 0.2) is 0 Å². The van der Waals surface area contributed by atoms with E-state index in [0.29, 0.717) is 19.5 Å². The third-order valence-corrected chi connectivity index (χ3v) is 4.29. The standard InChI is InChI=1S/C17H25N3O2.ClH/c1-12(18-3)11-19-17(22)10-16-15-7-5-4-6-14(15)8-9-20(16)13(2)21;/h4-7,12,16,18H,8-11H2,1-3H3,(H,19,22);1H. The van der Waals surface area contributed by atoms with Crippen molar-refractivity contribution >= 4 is 24.2 Å². The molecule has 1 aliphatic heterocycles. The van der Waals surface area contributed by atoms with Crippen LogP contribution in [-0.2, 0) is 16.0 Å². The van der Waals surface area contributed by atoms with E-state index in [9.17, 15) is 9.59 Å². The van der Waals surface area contributed by atoms with E-state index in [4.69, 9.17) is 0 Å². The molecule has 2 atom stereocenters. The molecule has 6 heteroatoms. The van der Waals surface area contributed by atoms with Crippen LogP contribution >= 0.6 is 12.4 Å². The number of carbonyl (C=O) groups excluding carboxylic acids is 2. The van der Waals surface area contributed by atoms with E-state index in [1.165, 1.54) is 5.56 Å². The van der Waals surface area contributed by atoms with Gasteiger partial charge in [-0.25, -0.2) is 0 Å². The van der Waals surface area contributed by atoms with Gasteiger partial charge < -0.3 is 15.5 Å². The summed E-state index contributed by atoms with van der Waals surface area (Å²) in [5, 5.41) is 6.02. The van der Waals surface area contributed by atoms with Gasteiger partial charge in [0.1, 0.15) is 0 Å². The van der Waals surface area contributed by atoms with Crippen LogP contribution in [0.5, 0.6) is 0 Å². The van der Waals surface area contributed by atoms with E-state index in [1.54, 1.807) is 6.92 Å². The summed E-state index contributed by atoms with van der Waals surface area (Å²) >= 11 is 0. The number of hydrogen-bond donors (Lipinski definition) is 2. The number of amides is 2. The summed E-state index contributed by atoms with van der Waals surface area (Å²) in [6.07, 6.45) is 1.16. The Hall–Kier alpha value is -1.59. The van der Waals surface area contributed by atoms with Gasteiger partial charge in [-0.1, -0.05) is 24.3 Å². The molecular weight excluding hydrogens is 314 g/mol. The molecule has 128 valence electrons. The van der Waals surface area contributed by atoms with Crippen LogP contribution in [0, 0.1) is 0 Å². The lowest BCUT2D eigenvalue weighted by atomic mass is 9.90. The molecule has 2 rings (SSSR count). The predicted molar refractivity (Wildman–Crippen MR) is 93.7 cm³/mol. The second-order valence-corrected chi connectivity index (χ2v) is 5.87. The molecule has 0 bridgehead atoms. The molecule has 1 aromatic rings. The van der Waals surface area contributed by atoms with Gasteiger partial charge in [-0.15, -0.1) is 12.4 Å². The first kappa shape index (κ1) is 19.5. The van der Waals surface area contributed by atoms with Crippen molar-refractivity contribution in [2.45, 2.75) is 38.8 Å². The van der Waals surface area contributed by atoms with Crippen molar-refractivity contribution in [3.8, 4) is 0 Å². The quantitative estimate of drug-likeness (QED) is 0.857. The average Bonchev–Trinajstić information content (AvgIpc) is 2.52. The zero-order valence-electron chi connectivity index (χ0n) is 14.0. The van der Waals surface area contributed by atoms with E-state index in [2.05, 4.69) is 16.7 Å². The zero-order chi connectivity index (χ0) is 16.1. The van der Waals surface area contributed by atoms with Gasteiger partial charge in [-0.3, -0.25) is 9.59 Å². The highest BCUT2D eigenvalue weighted by molar-refractivity contribution is 5.85. The number of carbonyl (C=O) groups is 2. The van der Waals surface area contributed by atoms with Crippen molar-refractivity contribution < 1.29 is 9.59 Å². The van der Waals surface area contributed by atoms with Crippen LogP contribution in [-0.4, -0.2) is 42.9 Å². The minimum Gasteiger partial charge on any atom is -0.354 e. The Morgan fingerprint density at radius 3 is 2.70 bits per heavy atom. The third kappa shape index (κ3) is 4.94. The number of fused-ring (bicyclic) bond motifs is 1. The maximum absolute atomic E-state index is 12.2. The number of likely N-dealkylation sites (N-methyl/N-ethyl adjacent to an activating group) is 1. The predicted octanol–water partition coefficient (Wildman–Crippen LogP) is 1.67. The summed E-state index contributed by atoms with van der Waals surface area (Å²) in [6.45, 7) is 4.85. The third-order valence-electron chi connectivity index (χ3n) is 4.29. The van der Waals surface area contributed by atoms with Crippen LogP contribution in [0.25, 0.3) is 0 Å². The fourth-order valence-electron chi connectivity index (χ4n) is 2.87. The summed E-state index contributed by atoms with van der Waals surface area (Å²) < 4.78 is 0. The van der Waals surface area contributed by atoms with Gasteiger partial charge in [0.05, 0.1) is 12.5 Å². The Bertz CT molecular complexity index is 550. The van der Waals surface area contributed by atoms with Gasteiger partial charge in [-0.2, -0.15) is 0 Å². The van der Waals surface area contributed by atoms with Crippen LogP contribution in [0.3, 0.4) is 0 Å². The summed E-state index contributed by atoms with van der Waals surface area (Å²) in [6, 6.07) is 8.16. The lowest BCUT2D eigenvalue weighted by molar-refractivity contribution is -0.133. The second-order valence-electron chi connectivity index (χ2n) is 5.87. The summed E-state index contributed by atoms with van der Waals surface area (Å²) in [4.78, 5) is 25.9. The minimum atomic E-state index is -0.160. The zero-order valence-corrected chi connectivity index (χ0v) is 14.8. The highest BCUT2D eigenvalue weighted by atomic mass is 35.5. The lowest BCUT2D eigenvalue weighted by Gasteiger charge is -2.36. The molecule has 2 amide bonds. The molecule has 0 aromatic heterocycles. The fourth-order valence-corrected chi connectivity index (χ4v) is 2.87. The molecular formula is C17H26ClN3O2. The highest BCUT2D eigenvalue weighted by Gasteiger charge is 2.30. The van der Waals surface area contributed by atoms with Crippen molar-refractivity contribution in [3.05, 3.63) is 35.4 Å². The Balaban J connectivity index is 0.00000264. The van der Waals surface area contributed by atoms with E-state index in [-0.39, 0.29) is 36.3 Å². The van der Waals surface area contributed by atoms with Gasteiger partial charge in [0.25, 0.3) is 0 Å². The molecule has 2 unspecified atom stereocenters. The Morgan fingerprint density at radius 1 is 1.35 bits per heavy atom. The molecule has 1 heterocycles. The topological polar surface area (TPSA) is 61.4 Å². The average molecular weight is 340 g/mol. The molecule has 0 radical (unpaired) electrons. The molecule has 0 aliphatic carbocycles. The first-order chi connectivity index (χ1) is 10.5. The van der Waals surface area contributed by atoms with Gasteiger partial charge in [0, 0.05) is 26.1 Å². The Kier molecular flexibility index (Phi) is 7.52. The van der Waals surface area contributed by atoms with Crippen molar-refractivity contribution in [1.82, 2.24) is 15.5 Å². The van der Waals surface area contributed by atoms with Gasteiger partial charge >= 0.3 is 0 Å². The first-order valence-electron chi connectivity index (χ1n) is 7.82. The minimum absolute atomic E-state index is 0. The van der Waals surface area contributed by atoms with Crippen molar-refractivity contribution in [2.24, 2.45) is 0 Å². The summed E-state index contributed by atoms with van der Waals surface area (Å²) in [5.74, 6) is 0.00551. The fraction of sp³-hybridized carbons (Fsp3) is 0.529. The van der Waals surface area contributed by atoms with Crippen LogP contribution in [0.2, 0.25) is 0 Å². The van der Waals surface area contributed by atoms with Gasteiger partial charge in [0.2, 0.25) is 11.8 Å². The van der Waals surface area contributed by atoms with Crippen LogP contribution in [0.1, 0.15) is 37.4 Å². The number of hydrogen-bond acceptors (Lipinski definition) is 3. The van der Waals surface area contributed by atoms with Crippen molar-refractivity contribution in [3.63, 3.8) is 0 Å². The molecule has 5 nitrogen and oxygen atoms in total. The molecule has 0 saturated heterocycles. The van der Waals surface area contributed by atoms with Crippen LogP contribution < -0.4 is 10.6 Å². The van der Waals surface area contributed by atoms with E-state index in [1.807, 2.05) is 37.1 Å². The number of benzene rings is 1. The monoisotopic (exact) mass is 339 g/mol. The number of nitrogens with one attached hydrogen (secondary N) is 2. The van der Waals surface area contributed by atoms with E-state index >= 15 is 0 Å². The van der Waals surface area contributed by atoms with Crippen LogP contribution in [0.4, 0.5) is 0 Å². The SMILES string of the molecule is CNC(C)CNC(=O)CC1c2ccccc2CCN1C(C)=O.Cl. The Morgan fingerprint density at radius 2 is 2.04 bits per heavy atom. The van der Waals surface area contributed by atoms with Gasteiger partial charge in [-0.05, 0) is 31.5 Å². The molecule has 0 saturated carbocycles. The molecule has 2 N–H and O–H groups in total. The highest BCUT2D eigenvalue weighted by Crippen LogP contribution is 2.32. The number of rotatable bonds is 5. The normalized spacial score (nSPS) is 17.7. The van der Waals surface area contributed by atoms with E-state index < -0.39 is 0 Å². The van der Waals surface area contributed by atoms with Crippen molar-refractivity contribution in [1.29, 1.82) is 0 Å². The summed E-state index contributed by atoms with van der Waals surface area (Å²) in [5.41, 5.74) is 2.34. The second kappa shape index (κ2) is 8.89. The molecule has 1 aliphatic rings. The number of halogens is 1. The maximum Gasteiger partial charge on any atom is 0.222 e. The molecule has 1 aromatic carbocycles. The molecule has 23 heavy (non-hydrogen) atoms.